The van der Waals surface area contributed by atoms with Crippen LogP contribution in [0.15, 0.2) is 18.2 Å². The maximum Gasteiger partial charge on any atom is 0.165 e. The molecule has 0 spiro atoms. The summed E-state index contributed by atoms with van der Waals surface area (Å²) in [6, 6.07) is 4.97. The van der Waals surface area contributed by atoms with Gasteiger partial charge in [0.05, 0.1) is 7.11 Å². The molecule has 18 heavy (non-hydrogen) atoms. The van der Waals surface area contributed by atoms with Crippen molar-refractivity contribution in [3.05, 3.63) is 29.6 Å². The van der Waals surface area contributed by atoms with E-state index in [1.165, 1.54) is 45.3 Å². The molecule has 0 bridgehead atoms. The van der Waals surface area contributed by atoms with Gasteiger partial charge in [-0.15, -0.1) is 0 Å². The second-order valence-corrected chi connectivity index (χ2v) is 5.24. The predicted octanol–water partition coefficient (Wildman–Crippen LogP) is 3.80. The van der Waals surface area contributed by atoms with Crippen LogP contribution in [-0.4, -0.2) is 7.11 Å². The number of methoxy groups -OCH3 is 1. The lowest BCUT2D eigenvalue weighted by atomic mass is 9.83. The van der Waals surface area contributed by atoms with Gasteiger partial charge in [0, 0.05) is 6.04 Å². The Kier molecular flexibility index (Phi) is 4.59. The lowest BCUT2D eigenvalue weighted by molar-refractivity contribution is 0.318. The molecule has 1 aliphatic rings. The van der Waals surface area contributed by atoms with Gasteiger partial charge in [-0.25, -0.2) is 4.39 Å². The van der Waals surface area contributed by atoms with Crippen molar-refractivity contribution in [2.75, 3.05) is 7.11 Å². The molecule has 2 nitrogen and oxygen atoms in total. The zero-order valence-electron chi connectivity index (χ0n) is 11.0. The molecule has 1 unspecified atom stereocenters. The average molecular weight is 251 g/mol. The highest BCUT2D eigenvalue weighted by Gasteiger charge is 2.18. The molecule has 0 amide bonds. The maximum absolute atomic E-state index is 13.6. The van der Waals surface area contributed by atoms with E-state index < -0.39 is 0 Å². The summed E-state index contributed by atoms with van der Waals surface area (Å²) in [4.78, 5) is 0. The smallest absolute Gasteiger partial charge is 0.165 e. The lowest BCUT2D eigenvalue weighted by Crippen LogP contribution is -2.17. The fraction of sp³-hybridized carbons (Fsp3) is 0.600. The predicted molar refractivity (Wildman–Crippen MR) is 71.1 cm³/mol. The molecule has 2 N–H and O–H groups in total. The van der Waals surface area contributed by atoms with Crippen LogP contribution in [0.1, 0.15) is 50.1 Å². The van der Waals surface area contributed by atoms with Crippen LogP contribution in [0.5, 0.6) is 5.75 Å². The quantitative estimate of drug-likeness (QED) is 0.883. The Bertz CT molecular complexity index is 388. The third-order valence-electron chi connectivity index (χ3n) is 3.92. The van der Waals surface area contributed by atoms with Crippen LogP contribution in [-0.2, 0) is 0 Å². The van der Waals surface area contributed by atoms with Crippen LogP contribution in [0.2, 0.25) is 0 Å². The van der Waals surface area contributed by atoms with Gasteiger partial charge >= 0.3 is 0 Å². The molecule has 1 fully saturated rings. The molecule has 0 aromatic heterocycles. The van der Waals surface area contributed by atoms with Crippen molar-refractivity contribution in [2.45, 2.75) is 44.6 Å². The van der Waals surface area contributed by atoms with Crippen LogP contribution in [0.4, 0.5) is 4.39 Å². The van der Waals surface area contributed by atoms with E-state index in [1.807, 2.05) is 6.07 Å². The van der Waals surface area contributed by atoms with Gasteiger partial charge in [0.15, 0.2) is 11.6 Å². The largest absolute Gasteiger partial charge is 0.494 e. The highest BCUT2D eigenvalue weighted by atomic mass is 19.1. The van der Waals surface area contributed by atoms with Gasteiger partial charge < -0.3 is 10.5 Å². The van der Waals surface area contributed by atoms with Gasteiger partial charge in [-0.1, -0.05) is 38.2 Å². The van der Waals surface area contributed by atoms with Gasteiger partial charge in [0.1, 0.15) is 0 Å². The Balaban J connectivity index is 1.99. The molecule has 1 aromatic carbocycles. The van der Waals surface area contributed by atoms with Crippen LogP contribution in [0.3, 0.4) is 0 Å². The van der Waals surface area contributed by atoms with E-state index in [0.717, 1.165) is 12.0 Å². The zero-order chi connectivity index (χ0) is 13.0. The molecule has 0 saturated heterocycles. The molecule has 0 heterocycles. The van der Waals surface area contributed by atoms with Gasteiger partial charge in [0.2, 0.25) is 0 Å². The minimum absolute atomic E-state index is 0.0616. The Hall–Kier alpha value is -1.09. The van der Waals surface area contributed by atoms with E-state index in [4.69, 9.17) is 10.5 Å². The third-order valence-corrected chi connectivity index (χ3v) is 3.92. The Morgan fingerprint density at radius 3 is 2.67 bits per heavy atom. The summed E-state index contributed by atoms with van der Waals surface area (Å²) in [7, 11) is 1.47. The first kappa shape index (κ1) is 13.3. The Morgan fingerprint density at radius 2 is 2.06 bits per heavy atom. The second-order valence-electron chi connectivity index (χ2n) is 5.24. The fourth-order valence-corrected chi connectivity index (χ4v) is 2.83. The van der Waals surface area contributed by atoms with E-state index in [0.29, 0.717) is 5.92 Å². The molecular weight excluding hydrogens is 229 g/mol. The number of hydrogen-bond acceptors (Lipinski definition) is 2. The Morgan fingerprint density at radius 1 is 1.33 bits per heavy atom. The van der Waals surface area contributed by atoms with Crippen molar-refractivity contribution in [1.29, 1.82) is 0 Å². The molecule has 1 saturated carbocycles. The van der Waals surface area contributed by atoms with Crippen molar-refractivity contribution < 1.29 is 9.13 Å². The maximum atomic E-state index is 13.6. The number of ether oxygens (including phenoxy) is 1. The molecule has 1 aromatic rings. The molecule has 1 atom stereocenters. The highest BCUT2D eigenvalue weighted by Crippen LogP contribution is 2.31. The van der Waals surface area contributed by atoms with Crippen molar-refractivity contribution in [1.82, 2.24) is 0 Å². The van der Waals surface area contributed by atoms with Gasteiger partial charge in [-0.2, -0.15) is 0 Å². The monoisotopic (exact) mass is 251 g/mol. The minimum atomic E-state index is -0.325. The molecule has 0 aliphatic heterocycles. The van der Waals surface area contributed by atoms with Crippen molar-refractivity contribution in [3.63, 3.8) is 0 Å². The van der Waals surface area contributed by atoms with Gasteiger partial charge in [-0.05, 0) is 30.0 Å². The molecule has 0 radical (unpaired) electrons. The molecular formula is C15H22FNO. The summed E-state index contributed by atoms with van der Waals surface area (Å²) < 4.78 is 18.5. The summed E-state index contributed by atoms with van der Waals surface area (Å²) in [6.07, 6.45) is 7.48. The summed E-state index contributed by atoms with van der Waals surface area (Å²) in [5, 5.41) is 0. The van der Waals surface area contributed by atoms with Crippen LogP contribution < -0.4 is 10.5 Å². The van der Waals surface area contributed by atoms with E-state index in [9.17, 15) is 4.39 Å². The third kappa shape index (κ3) is 3.22. The van der Waals surface area contributed by atoms with E-state index >= 15 is 0 Å². The van der Waals surface area contributed by atoms with Gasteiger partial charge in [0.25, 0.3) is 0 Å². The van der Waals surface area contributed by atoms with E-state index in [-0.39, 0.29) is 17.6 Å². The Labute approximate surface area is 108 Å². The summed E-state index contributed by atoms with van der Waals surface area (Å²) in [5.74, 6) is 0.664. The second kappa shape index (κ2) is 6.19. The first-order valence-corrected chi connectivity index (χ1v) is 6.79. The number of halogens is 1. The van der Waals surface area contributed by atoms with Crippen molar-refractivity contribution in [3.8, 4) is 5.75 Å². The van der Waals surface area contributed by atoms with Crippen molar-refractivity contribution in [2.24, 2.45) is 11.7 Å². The fourth-order valence-electron chi connectivity index (χ4n) is 2.83. The number of rotatable bonds is 4. The van der Waals surface area contributed by atoms with Crippen LogP contribution in [0, 0.1) is 11.7 Å². The first-order valence-electron chi connectivity index (χ1n) is 6.79. The zero-order valence-corrected chi connectivity index (χ0v) is 11.0. The number of hydrogen-bond donors (Lipinski definition) is 1. The lowest BCUT2D eigenvalue weighted by Gasteiger charge is -2.24. The molecule has 3 heteroatoms. The molecule has 2 rings (SSSR count). The van der Waals surface area contributed by atoms with E-state index in [1.54, 1.807) is 6.07 Å². The SMILES string of the molecule is COc1ccc(C(N)CC2CCCCC2)cc1F. The number of benzene rings is 1. The van der Waals surface area contributed by atoms with Crippen LogP contribution in [0.25, 0.3) is 0 Å². The summed E-state index contributed by atoms with van der Waals surface area (Å²) in [6.45, 7) is 0. The highest BCUT2D eigenvalue weighted by molar-refractivity contribution is 5.30. The van der Waals surface area contributed by atoms with Crippen LogP contribution >= 0.6 is 0 Å². The first-order chi connectivity index (χ1) is 8.70. The normalized spacial score (nSPS) is 18.6. The minimum Gasteiger partial charge on any atom is -0.494 e. The summed E-state index contributed by atoms with van der Waals surface area (Å²) >= 11 is 0. The van der Waals surface area contributed by atoms with Crippen molar-refractivity contribution >= 4 is 0 Å². The van der Waals surface area contributed by atoms with Gasteiger partial charge in [-0.3, -0.25) is 0 Å². The summed E-state index contributed by atoms with van der Waals surface area (Å²) in [5.41, 5.74) is 7.05. The molecule has 100 valence electrons. The standard InChI is InChI=1S/C15H22FNO/c1-18-15-8-7-12(10-13(15)16)14(17)9-11-5-3-2-4-6-11/h7-8,10-11,14H,2-6,9,17H2,1H3. The topological polar surface area (TPSA) is 35.2 Å². The number of nitrogens with two attached hydrogens (primary N) is 1. The van der Waals surface area contributed by atoms with E-state index in [2.05, 4.69) is 0 Å². The molecule has 1 aliphatic carbocycles. The average Bonchev–Trinajstić information content (AvgIpc) is 2.39.